The van der Waals surface area contributed by atoms with E-state index in [1.165, 1.54) is 9.58 Å². The lowest BCUT2D eigenvalue weighted by Crippen LogP contribution is -2.44. The van der Waals surface area contributed by atoms with Gasteiger partial charge in [-0.3, -0.25) is 4.90 Å². The molecular weight excluding hydrogens is 270 g/mol. The van der Waals surface area contributed by atoms with Gasteiger partial charge in [0.25, 0.3) is 0 Å². The first-order valence-electron chi connectivity index (χ1n) is 7.02. The van der Waals surface area contributed by atoms with Crippen molar-refractivity contribution in [3.05, 3.63) is 40.8 Å². The van der Waals surface area contributed by atoms with Crippen LogP contribution < -0.4 is 10.6 Å². The van der Waals surface area contributed by atoms with Crippen LogP contribution >= 0.6 is 0 Å². The number of hydrogen-bond acceptors (Lipinski definition) is 4. The van der Waals surface area contributed by atoms with Crippen molar-refractivity contribution in [2.75, 3.05) is 4.90 Å². The quantitative estimate of drug-likeness (QED) is 0.805. The van der Waals surface area contributed by atoms with Gasteiger partial charge in [0, 0.05) is 11.7 Å². The summed E-state index contributed by atoms with van der Waals surface area (Å²) in [5.74, 6) is 0. The van der Waals surface area contributed by atoms with Crippen molar-refractivity contribution >= 4 is 11.7 Å². The molecule has 0 aliphatic heterocycles. The average Bonchev–Trinajstić information content (AvgIpc) is 3.23. The zero-order chi connectivity index (χ0) is 15.0. The van der Waals surface area contributed by atoms with Gasteiger partial charge in [0.15, 0.2) is 0 Å². The van der Waals surface area contributed by atoms with Gasteiger partial charge in [-0.05, 0) is 49.2 Å². The van der Waals surface area contributed by atoms with E-state index in [4.69, 9.17) is 0 Å². The lowest BCUT2D eigenvalue weighted by Gasteiger charge is -2.25. The van der Waals surface area contributed by atoms with Gasteiger partial charge < -0.3 is 0 Å². The van der Waals surface area contributed by atoms with Crippen molar-refractivity contribution in [1.82, 2.24) is 19.8 Å². The third kappa shape index (κ3) is 2.46. The van der Waals surface area contributed by atoms with Crippen LogP contribution in [-0.2, 0) is 0 Å². The maximum atomic E-state index is 12.6. The lowest BCUT2D eigenvalue weighted by molar-refractivity contribution is 0.242. The van der Waals surface area contributed by atoms with Crippen LogP contribution in [0.25, 0.3) is 0 Å². The van der Waals surface area contributed by atoms with Crippen LogP contribution in [0.2, 0.25) is 0 Å². The molecule has 1 saturated carbocycles. The highest BCUT2D eigenvalue weighted by Crippen LogP contribution is 2.32. The molecule has 1 aliphatic rings. The molecule has 3 rings (SSSR count). The molecule has 0 N–H and O–H groups in total. The van der Waals surface area contributed by atoms with Gasteiger partial charge in [-0.25, -0.2) is 9.59 Å². The van der Waals surface area contributed by atoms with Gasteiger partial charge in [-0.2, -0.15) is 4.68 Å². The Labute approximate surface area is 121 Å². The lowest BCUT2D eigenvalue weighted by atomic mass is 10.2. The number of rotatable bonds is 3. The van der Waals surface area contributed by atoms with Crippen LogP contribution in [0.4, 0.5) is 10.5 Å². The zero-order valence-corrected chi connectivity index (χ0v) is 12.0. The molecule has 2 aromatic rings. The van der Waals surface area contributed by atoms with Crippen molar-refractivity contribution in [1.29, 1.82) is 0 Å². The highest BCUT2D eigenvalue weighted by atomic mass is 16.2. The van der Waals surface area contributed by atoms with Crippen molar-refractivity contribution in [2.45, 2.75) is 38.8 Å². The van der Waals surface area contributed by atoms with Crippen molar-refractivity contribution in [2.24, 2.45) is 0 Å². The number of amides is 1. The zero-order valence-electron chi connectivity index (χ0n) is 12.0. The third-order valence-corrected chi connectivity index (χ3v) is 3.43. The summed E-state index contributed by atoms with van der Waals surface area (Å²) in [6.07, 6.45) is 1.83. The Bertz CT molecular complexity index is 700. The normalized spacial score (nSPS) is 14.4. The van der Waals surface area contributed by atoms with Crippen LogP contribution in [0.1, 0.15) is 32.7 Å². The number of anilines is 1. The monoisotopic (exact) mass is 287 g/mol. The number of para-hydroxylation sites is 1. The predicted molar refractivity (Wildman–Crippen MR) is 77.4 cm³/mol. The Morgan fingerprint density at radius 2 is 1.90 bits per heavy atom. The minimum absolute atomic E-state index is 0.0992. The first-order valence-corrected chi connectivity index (χ1v) is 7.02. The van der Waals surface area contributed by atoms with E-state index in [-0.39, 0.29) is 12.1 Å². The van der Waals surface area contributed by atoms with E-state index >= 15 is 0 Å². The standard InChI is InChI=1S/C14H17N5O2/c1-10(2)17(11-6-4-3-5-7-11)13(20)19-14(21)18(15-16-19)12-8-9-12/h3-7,10,12H,8-9H2,1-2H3. The fourth-order valence-electron chi connectivity index (χ4n) is 2.25. The molecule has 1 aromatic carbocycles. The summed E-state index contributed by atoms with van der Waals surface area (Å²) >= 11 is 0. The van der Waals surface area contributed by atoms with Crippen LogP contribution in [0, 0.1) is 0 Å². The molecular formula is C14H17N5O2. The van der Waals surface area contributed by atoms with Crippen LogP contribution in [-0.4, -0.2) is 31.9 Å². The molecule has 1 amide bonds. The first kappa shape index (κ1) is 13.5. The van der Waals surface area contributed by atoms with Gasteiger partial charge in [-0.1, -0.05) is 18.2 Å². The van der Waals surface area contributed by atoms with E-state index in [1.54, 1.807) is 0 Å². The first-order chi connectivity index (χ1) is 10.1. The summed E-state index contributed by atoms with van der Waals surface area (Å²) in [4.78, 5) is 26.4. The molecule has 0 radical (unpaired) electrons. The number of tetrazole rings is 1. The highest BCUT2D eigenvalue weighted by molar-refractivity contribution is 5.93. The molecule has 0 spiro atoms. The number of carbonyl (C=O) groups is 1. The fraction of sp³-hybridized carbons (Fsp3) is 0.429. The smallest absolute Gasteiger partial charge is 0.290 e. The van der Waals surface area contributed by atoms with E-state index < -0.39 is 11.7 Å². The molecule has 110 valence electrons. The second kappa shape index (κ2) is 5.16. The third-order valence-electron chi connectivity index (χ3n) is 3.43. The van der Waals surface area contributed by atoms with Crippen molar-refractivity contribution < 1.29 is 4.79 Å². The summed E-state index contributed by atoms with van der Waals surface area (Å²) in [6.45, 7) is 3.78. The maximum Gasteiger partial charge on any atom is 0.372 e. The minimum atomic E-state index is -0.479. The summed E-state index contributed by atoms with van der Waals surface area (Å²) in [5, 5.41) is 7.54. The Balaban J connectivity index is 1.97. The summed E-state index contributed by atoms with van der Waals surface area (Å²) in [5.41, 5.74) is 0.259. The summed E-state index contributed by atoms with van der Waals surface area (Å²) in [7, 11) is 0. The van der Waals surface area contributed by atoms with E-state index in [0.717, 1.165) is 23.2 Å². The van der Waals surface area contributed by atoms with Crippen molar-refractivity contribution in [3.8, 4) is 0 Å². The summed E-state index contributed by atoms with van der Waals surface area (Å²) < 4.78 is 2.13. The maximum absolute atomic E-state index is 12.6. The van der Waals surface area contributed by atoms with Gasteiger partial charge in [-0.15, -0.1) is 4.68 Å². The molecule has 1 heterocycles. The van der Waals surface area contributed by atoms with Crippen LogP contribution in [0.3, 0.4) is 0 Å². The number of nitrogens with zero attached hydrogens (tertiary/aromatic N) is 5. The predicted octanol–water partition coefficient (Wildman–Crippen LogP) is 1.66. The molecule has 21 heavy (non-hydrogen) atoms. The van der Waals surface area contributed by atoms with Gasteiger partial charge in [0.2, 0.25) is 0 Å². The van der Waals surface area contributed by atoms with E-state index in [0.29, 0.717) is 0 Å². The molecule has 0 bridgehead atoms. The Morgan fingerprint density at radius 1 is 1.24 bits per heavy atom. The SMILES string of the molecule is CC(C)N(C(=O)n1nnn(C2CC2)c1=O)c1ccccc1. The Morgan fingerprint density at radius 3 is 2.48 bits per heavy atom. The van der Waals surface area contributed by atoms with Gasteiger partial charge in [0.1, 0.15) is 0 Å². The van der Waals surface area contributed by atoms with Gasteiger partial charge >= 0.3 is 11.7 Å². The Kier molecular flexibility index (Phi) is 3.32. The second-order valence-electron chi connectivity index (χ2n) is 5.43. The molecule has 1 aliphatic carbocycles. The second-order valence-corrected chi connectivity index (χ2v) is 5.43. The van der Waals surface area contributed by atoms with Gasteiger partial charge in [0.05, 0.1) is 6.04 Å². The fourth-order valence-corrected chi connectivity index (χ4v) is 2.25. The molecule has 0 saturated heterocycles. The molecule has 7 heteroatoms. The summed E-state index contributed by atoms with van der Waals surface area (Å²) in [6, 6.07) is 8.75. The van der Waals surface area contributed by atoms with Crippen LogP contribution in [0.5, 0.6) is 0 Å². The van der Waals surface area contributed by atoms with Crippen LogP contribution in [0.15, 0.2) is 35.1 Å². The van der Waals surface area contributed by atoms with E-state index in [2.05, 4.69) is 10.4 Å². The molecule has 1 aromatic heterocycles. The van der Waals surface area contributed by atoms with E-state index in [1.807, 2.05) is 44.2 Å². The Hall–Kier alpha value is -2.44. The van der Waals surface area contributed by atoms with E-state index in [9.17, 15) is 9.59 Å². The molecule has 7 nitrogen and oxygen atoms in total. The largest absolute Gasteiger partial charge is 0.372 e. The number of benzene rings is 1. The number of carbonyl (C=O) groups excluding carboxylic acids is 1. The molecule has 1 fully saturated rings. The number of aromatic nitrogens is 4. The molecule has 0 unspecified atom stereocenters. The highest BCUT2D eigenvalue weighted by Gasteiger charge is 2.31. The van der Waals surface area contributed by atoms with Crippen molar-refractivity contribution in [3.63, 3.8) is 0 Å². The molecule has 0 atom stereocenters. The minimum Gasteiger partial charge on any atom is -0.290 e. The average molecular weight is 287 g/mol. The number of hydrogen-bond donors (Lipinski definition) is 0. The topological polar surface area (TPSA) is 73.0 Å².